The van der Waals surface area contributed by atoms with Gasteiger partial charge < -0.3 is 26.4 Å². The molecule has 1 fully saturated rings. The molecule has 3 rings (SSSR count). The number of carbonyl (C=O) groups excluding carboxylic acids is 6. The van der Waals surface area contributed by atoms with Gasteiger partial charge in [-0.25, -0.2) is 0 Å². The zero-order chi connectivity index (χ0) is 32.8. The van der Waals surface area contributed by atoms with Crippen molar-refractivity contribution in [2.75, 3.05) is 18.4 Å². The lowest BCUT2D eigenvalue weighted by Crippen LogP contribution is -2.53. The van der Waals surface area contributed by atoms with Crippen molar-refractivity contribution in [3.63, 3.8) is 0 Å². The van der Waals surface area contributed by atoms with Gasteiger partial charge in [-0.15, -0.1) is 0 Å². The van der Waals surface area contributed by atoms with Gasteiger partial charge in [-0.05, 0) is 49.1 Å². The van der Waals surface area contributed by atoms with Crippen LogP contribution in [0.4, 0.5) is 5.69 Å². The normalized spacial score (nSPS) is 15.7. The molecule has 0 aromatic heterocycles. The Bertz CT molecular complexity index is 1330. The summed E-state index contributed by atoms with van der Waals surface area (Å²) in [5, 5.41) is 8.34. The van der Waals surface area contributed by atoms with Crippen LogP contribution in [0.3, 0.4) is 0 Å². The van der Waals surface area contributed by atoms with Crippen molar-refractivity contribution in [3.8, 4) is 0 Å². The van der Waals surface area contributed by atoms with Crippen LogP contribution in [0.1, 0.15) is 63.5 Å². The first-order valence-electron chi connectivity index (χ1n) is 15.3. The Balaban J connectivity index is 1.56. The fourth-order valence-corrected chi connectivity index (χ4v) is 4.95. The molecule has 0 radical (unpaired) electrons. The van der Waals surface area contributed by atoms with Crippen LogP contribution in [0.2, 0.25) is 0 Å². The van der Waals surface area contributed by atoms with Crippen molar-refractivity contribution in [3.05, 3.63) is 65.7 Å². The lowest BCUT2D eigenvalue weighted by molar-refractivity contribution is -0.142. The van der Waals surface area contributed by atoms with Gasteiger partial charge in [0.15, 0.2) is 0 Å². The molecule has 5 N–H and O–H groups in total. The second kappa shape index (κ2) is 17.6. The molecule has 12 nitrogen and oxygen atoms in total. The average molecular weight is 622 g/mol. The summed E-state index contributed by atoms with van der Waals surface area (Å²) in [5.74, 6) is -2.28. The molecule has 12 heteroatoms. The molecule has 3 atom stereocenters. The highest BCUT2D eigenvalue weighted by Crippen LogP contribution is 2.19. The summed E-state index contributed by atoms with van der Waals surface area (Å²) in [6.45, 7) is 3.66. The third-order valence-electron chi connectivity index (χ3n) is 7.44. The number of amides is 5. The molecule has 242 valence electrons. The van der Waals surface area contributed by atoms with Gasteiger partial charge in [-0.1, -0.05) is 55.8 Å². The Morgan fingerprint density at radius 3 is 2.24 bits per heavy atom. The predicted octanol–water partition coefficient (Wildman–Crippen LogP) is 2.20. The molecule has 1 heterocycles. The van der Waals surface area contributed by atoms with Gasteiger partial charge in [-0.2, -0.15) is 0 Å². The van der Waals surface area contributed by atoms with Gasteiger partial charge in [0.25, 0.3) is 0 Å². The quantitative estimate of drug-likeness (QED) is 0.118. The predicted molar refractivity (Wildman–Crippen MR) is 167 cm³/mol. The monoisotopic (exact) mass is 621 g/mol. The van der Waals surface area contributed by atoms with Gasteiger partial charge in [0.1, 0.15) is 18.7 Å². The largest absolute Gasteiger partial charge is 0.461 e. The van der Waals surface area contributed by atoms with E-state index in [0.29, 0.717) is 31.5 Å². The van der Waals surface area contributed by atoms with E-state index < -0.39 is 29.9 Å². The molecular weight excluding hydrogens is 578 g/mol. The highest BCUT2D eigenvalue weighted by Gasteiger charge is 2.34. The minimum atomic E-state index is -0.947. The van der Waals surface area contributed by atoms with E-state index in [1.807, 2.05) is 30.3 Å². The van der Waals surface area contributed by atoms with Gasteiger partial charge in [0, 0.05) is 44.3 Å². The Kier molecular flexibility index (Phi) is 13.7. The molecule has 5 amide bonds. The molecule has 3 unspecified atom stereocenters. The maximum absolute atomic E-state index is 13.5. The number of likely N-dealkylation sites (tertiary alicyclic amines) is 1. The smallest absolute Gasteiger partial charge is 0.302 e. The summed E-state index contributed by atoms with van der Waals surface area (Å²) < 4.78 is 4.98. The number of hydrogen-bond donors (Lipinski definition) is 4. The number of carbonyl (C=O) groups is 6. The zero-order valence-corrected chi connectivity index (χ0v) is 25.9. The van der Waals surface area contributed by atoms with E-state index >= 15 is 0 Å². The molecule has 1 aliphatic rings. The second-order valence-corrected chi connectivity index (χ2v) is 11.2. The van der Waals surface area contributed by atoms with E-state index in [-0.39, 0.29) is 62.5 Å². The first-order valence-corrected chi connectivity index (χ1v) is 15.3. The number of anilines is 1. The summed E-state index contributed by atoms with van der Waals surface area (Å²) >= 11 is 0. The fraction of sp³-hybridized carbons (Fsp3) is 0.455. The van der Waals surface area contributed by atoms with Crippen molar-refractivity contribution in [1.29, 1.82) is 0 Å². The van der Waals surface area contributed by atoms with Crippen LogP contribution in [0.25, 0.3) is 0 Å². The van der Waals surface area contributed by atoms with Crippen LogP contribution >= 0.6 is 0 Å². The Morgan fingerprint density at radius 1 is 0.911 bits per heavy atom. The van der Waals surface area contributed by atoms with Crippen LogP contribution in [0, 0.1) is 5.92 Å². The van der Waals surface area contributed by atoms with Gasteiger partial charge in [0.05, 0.1) is 0 Å². The molecule has 45 heavy (non-hydrogen) atoms. The third-order valence-corrected chi connectivity index (χ3v) is 7.44. The fourth-order valence-electron chi connectivity index (χ4n) is 4.95. The van der Waals surface area contributed by atoms with E-state index in [2.05, 4.69) is 16.0 Å². The minimum absolute atomic E-state index is 0.115. The average Bonchev–Trinajstić information content (AvgIpc) is 3.26. The molecule has 1 aliphatic heterocycles. The Hall–Kier alpha value is -4.58. The highest BCUT2D eigenvalue weighted by molar-refractivity contribution is 6.03. The van der Waals surface area contributed by atoms with E-state index in [1.165, 1.54) is 11.8 Å². The van der Waals surface area contributed by atoms with Crippen molar-refractivity contribution in [2.24, 2.45) is 11.7 Å². The van der Waals surface area contributed by atoms with Gasteiger partial charge >= 0.3 is 5.97 Å². The van der Waals surface area contributed by atoms with E-state index in [0.717, 1.165) is 11.1 Å². The zero-order valence-electron chi connectivity index (χ0n) is 25.9. The summed E-state index contributed by atoms with van der Waals surface area (Å²) in [4.78, 5) is 75.8. The summed E-state index contributed by atoms with van der Waals surface area (Å²) in [6, 6.07) is 14.1. The molecular formula is C33H43N5O7. The van der Waals surface area contributed by atoms with Gasteiger partial charge in [-0.3, -0.25) is 33.7 Å². The standard InChI is InChI=1S/C33H43N5O7/c1-22-19-30(41)38(33(22)44)18-8-4-7-11-29(40)36-28(20-24-9-5-3-6-10-24)32(43)37-27(16-17-34)31(42)35-26-14-12-25(13-15-26)21-45-23(2)39/h3,5-6,9-10,12-15,22,27-28H,4,7-8,11,16-21,34H2,1-2H3,(H,35,42)(H,36,40)(H,37,43). The molecule has 0 spiro atoms. The third kappa shape index (κ3) is 11.5. The van der Waals surface area contributed by atoms with Crippen LogP contribution in [-0.4, -0.2) is 65.6 Å². The van der Waals surface area contributed by atoms with Crippen LogP contribution in [-0.2, 0) is 46.5 Å². The number of nitrogens with zero attached hydrogens (tertiary/aromatic N) is 1. The molecule has 2 aromatic rings. The number of esters is 1. The van der Waals surface area contributed by atoms with Crippen molar-refractivity contribution in [1.82, 2.24) is 15.5 Å². The second-order valence-electron chi connectivity index (χ2n) is 11.2. The van der Waals surface area contributed by atoms with Crippen molar-refractivity contribution in [2.45, 2.75) is 77.5 Å². The van der Waals surface area contributed by atoms with Crippen LogP contribution in [0.15, 0.2) is 54.6 Å². The molecule has 0 bridgehead atoms. The maximum Gasteiger partial charge on any atom is 0.302 e. The minimum Gasteiger partial charge on any atom is -0.461 e. The lowest BCUT2D eigenvalue weighted by atomic mass is 10.0. The van der Waals surface area contributed by atoms with Crippen LogP contribution in [0.5, 0.6) is 0 Å². The van der Waals surface area contributed by atoms with Crippen molar-refractivity contribution < 1.29 is 33.5 Å². The number of ether oxygens (including phenoxy) is 1. The van der Waals surface area contributed by atoms with E-state index in [4.69, 9.17) is 10.5 Å². The maximum atomic E-state index is 13.5. The number of hydrogen-bond acceptors (Lipinski definition) is 8. The Morgan fingerprint density at radius 2 is 1.62 bits per heavy atom. The first-order chi connectivity index (χ1) is 21.6. The number of nitrogens with two attached hydrogens (primary N) is 1. The Labute approximate surface area is 263 Å². The number of imide groups is 1. The topological polar surface area (TPSA) is 177 Å². The number of unbranched alkanes of at least 4 members (excludes halogenated alkanes) is 2. The first kappa shape index (κ1) is 34.9. The summed E-state index contributed by atoms with van der Waals surface area (Å²) in [7, 11) is 0. The van der Waals surface area contributed by atoms with E-state index in [9.17, 15) is 28.8 Å². The summed E-state index contributed by atoms with van der Waals surface area (Å²) in [6.07, 6.45) is 2.55. The molecule has 1 saturated heterocycles. The number of benzene rings is 2. The lowest BCUT2D eigenvalue weighted by Gasteiger charge is -2.23. The molecule has 0 aliphatic carbocycles. The highest BCUT2D eigenvalue weighted by atomic mass is 16.5. The van der Waals surface area contributed by atoms with E-state index in [1.54, 1.807) is 31.2 Å². The SMILES string of the molecule is CC(=O)OCc1ccc(NC(=O)C(CCN)NC(=O)C(Cc2ccccc2)NC(=O)CCCCCN2C(=O)CC(C)C2=O)cc1. The van der Waals surface area contributed by atoms with Gasteiger partial charge in [0.2, 0.25) is 29.5 Å². The number of nitrogens with one attached hydrogen (secondary N) is 3. The van der Waals surface area contributed by atoms with Crippen LogP contribution < -0.4 is 21.7 Å². The molecule has 0 saturated carbocycles. The molecule has 2 aromatic carbocycles. The van der Waals surface area contributed by atoms with Crippen molar-refractivity contribution >= 4 is 41.2 Å². The number of rotatable bonds is 17. The summed E-state index contributed by atoms with van der Waals surface area (Å²) in [5.41, 5.74) is 7.83.